The highest BCUT2D eigenvalue weighted by atomic mass is 79.9. The molecule has 0 aliphatic carbocycles. The fraction of sp³-hybridized carbons (Fsp3) is 0.194. The van der Waals surface area contributed by atoms with E-state index in [4.69, 9.17) is 21.1 Å². The number of halogens is 2. The van der Waals surface area contributed by atoms with Crippen molar-refractivity contribution in [2.75, 3.05) is 6.61 Å². The number of nitrogens with zero attached hydrogens (tertiary/aromatic N) is 3. The van der Waals surface area contributed by atoms with Crippen LogP contribution in [0.25, 0.3) is 6.08 Å². The minimum Gasteiger partial charge on any atom is -0.488 e. The summed E-state index contributed by atoms with van der Waals surface area (Å²) in [7, 11) is 0. The largest absolute Gasteiger partial charge is 0.488 e. The van der Waals surface area contributed by atoms with Gasteiger partial charge in [0, 0.05) is 22.2 Å². The van der Waals surface area contributed by atoms with E-state index in [2.05, 4.69) is 20.9 Å². The minimum absolute atomic E-state index is 0.112. The van der Waals surface area contributed by atoms with Crippen LogP contribution in [-0.2, 0) is 16.1 Å². The average Bonchev–Trinajstić information content (AvgIpc) is 3.26. The number of esters is 1. The summed E-state index contributed by atoms with van der Waals surface area (Å²) >= 11 is 11.0. The van der Waals surface area contributed by atoms with Crippen molar-refractivity contribution < 1.29 is 19.2 Å². The number of hydrogen-bond acceptors (Lipinski definition) is 8. The molecule has 12 heteroatoms. The van der Waals surface area contributed by atoms with Gasteiger partial charge in [0.15, 0.2) is 4.80 Å². The third-order valence-electron chi connectivity index (χ3n) is 6.86. The number of allylic oxidation sites excluding steroid dienone is 1. The van der Waals surface area contributed by atoms with Gasteiger partial charge in [0.1, 0.15) is 12.4 Å². The number of aryl methyl sites for hydroxylation is 1. The molecule has 0 saturated carbocycles. The second-order valence-corrected chi connectivity index (χ2v) is 11.9. The number of carbonyl (C=O) groups excluding carboxylic acids is 1. The molecule has 0 saturated heterocycles. The lowest BCUT2D eigenvalue weighted by atomic mass is 9.94. The average molecular weight is 683 g/mol. The van der Waals surface area contributed by atoms with Gasteiger partial charge in [-0.3, -0.25) is 19.5 Å². The first-order valence-corrected chi connectivity index (χ1v) is 15.2. The zero-order chi connectivity index (χ0) is 30.8. The number of rotatable bonds is 8. The first kappa shape index (κ1) is 30.4. The van der Waals surface area contributed by atoms with E-state index in [1.165, 1.54) is 22.0 Å². The summed E-state index contributed by atoms with van der Waals surface area (Å²) in [5.74, 6) is -0.0308. The van der Waals surface area contributed by atoms with E-state index in [-0.39, 0.29) is 30.0 Å². The smallest absolute Gasteiger partial charge is 0.338 e. The van der Waals surface area contributed by atoms with Gasteiger partial charge in [0.25, 0.3) is 11.2 Å². The number of benzene rings is 3. The Bertz CT molecular complexity index is 1980. The van der Waals surface area contributed by atoms with Crippen LogP contribution in [0, 0.1) is 17.0 Å². The zero-order valence-electron chi connectivity index (χ0n) is 23.3. The van der Waals surface area contributed by atoms with Crippen LogP contribution in [0.5, 0.6) is 5.75 Å². The summed E-state index contributed by atoms with van der Waals surface area (Å²) in [6.07, 6.45) is 1.73. The second-order valence-electron chi connectivity index (χ2n) is 9.68. The monoisotopic (exact) mass is 681 g/mol. The van der Waals surface area contributed by atoms with Crippen LogP contribution in [0.1, 0.15) is 42.1 Å². The molecule has 0 amide bonds. The van der Waals surface area contributed by atoms with Gasteiger partial charge >= 0.3 is 5.97 Å². The third kappa shape index (κ3) is 6.20. The highest BCUT2D eigenvalue weighted by Crippen LogP contribution is 2.33. The Labute approximate surface area is 263 Å². The van der Waals surface area contributed by atoms with Crippen molar-refractivity contribution in [2.24, 2.45) is 4.99 Å². The van der Waals surface area contributed by atoms with Crippen LogP contribution in [0.4, 0.5) is 5.69 Å². The van der Waals surface area contributed by atoms with Gasteiger partial charge in [0.2, 0.25) is 0 Å². The van der Waals surface area contributed by atoms with Crippen molar-refractivity contribution in [1.29, 1.82) is 0 Å². The molecule has 1 aliphatic heterocycles. The fourth-order valence-electron chi connectivity index (χ4n) is 4.75. The summed E-state index contributed by atoms with van der Waals surface area (Å²) in [6.45, 7) is 5.38. The normalized spacial score (nSPS) is 14.7. The first-order valence-electron chi connectivity index (χ1n) is 13.2. The molecular weight excluding hydrogens is 658 g/mol. The van der Waals surface area contributed by atoms with E-state index in [0.717, 1.165) is 11.1 Å². The van der Waals surface area contributed by atoms with Crippen LogP contribution >= 0.6 is 38.9 Å². The molecule has 2 heterocycles. The van der Waals surface area contributed by atoms with Crippen LogP contribution in [0.2, 0.25) is 5.02 Å². The molecule has 220 valence electrons. The second kappa shape index (κ2) is 12.7. The molecule has 4 aromatic rings. The van der Waals surface area contributed by atoms with Gasteiger partial charge in [-0.25, -0.2) is 9.79 Å². The standard InChI is InChI=1S/C31H25BrClN3O6S/c1-4-41-30(38)27-18(3)34-31-35(28(27)20-11-9-17(2)24(15-20)36(39)40)29(37)26(43-31)14-19-10-12-25(22(32)13-19)42-16-21-7-5-6-8-23(21)33/h5-15,28H,4,16H2,1-3H3/b26-14+/t28-/m1/s1. The molecule has 0 fully saturated rings. The predicted molar refractivity (Wildman–Crippen MR) is 168 cm³/mol. The Hall–Kier alpha value is -4.06. The number of hydrogen-bond donors (Lipinski definition) is 0. The van der Waals surface area contributed by atoms with Crippen LogP contribution in [0.3, 0.4) is 0 Å². The maximum Gasteiger partial charge on any atom is 0.338 e. The maximum atomic E-state index is 13.9. The SMILES string of the molecule is CCOC(=O)C1=C(C)N=c2s/c(=C/c3ccc(OCc4ccccc4Cl)c(Br)c3)c(=O)n2[C@@H]1c1ccc(C)c([N+](=O)[O-])c1. The first-order chi connectivity index (χ1) is 20.6. The molecule has 0 radical (unpaired) electrons. The predicted octanol–water partition coefficient (Wildman–Crippen LogP) is 6.01. The fourth-order valence-corrected chi connectivity index (χ4v) is 6.49. The number of carbonyl (C=O) groups is 1. The molecule has 1 aromatic heterocycles. The van der Waals surface area contributed by atoms with E-state index >= 15 is 0 Å². The van der Waals surface area contributed by atoms with E-state index in [0.29, 0.717) is 41.4 Å². The molecule has 5 rings (SSSR count). The molecule has 3 aromatic carbocycles. The van der Waals surface area contributed by atoms with Crippen molar-refractivity contribution in [1.82, 2.24) is 4.57 Å². The van der Waals surface area contributed by atoms with Gasteiger partial charge in [-0.2, -0.15) is 0 Å². The van der Waals surface area contributed by atoms with E-state index in [1.54, 1.807) is 51.1 Å². The lowest BCUT2D eigenvalue weighted by Crippen LogP contribution is -2.40. The van der Waals surface area contributed by atoms with E-state index < -0.39 is 16.9 Å². The molecule has 0 bridgehead atoms. The Morgan fingerprint density at radius 2 is 1.95 bits per heavy atom. The molecule has 9 nitrogen and oxygen atoms in total. The van der Waals surface area contributed by atoms with Gasteiger partial charge in [-0.05, 0) is 72.1 Å². The van der Waals surface area contributed by atoms with Crippen LogP contribution in [-0.4, -0.2) is 22.1 Å². The van der Waals surface area contributed by atoms with Crippen LogP contribution in [0.15, 0.2) is 86.2 Å². The Morgan fingerprint density at radius 3 is 2.65 bits per heavy atom. The van der Waals surface area contributed by atoms with Crippen molar-refractivity contribution in [3.8, 4) is 5.75 Å². The Kier molecular flexibility index (Phi) is 8.95. The lowest BCUT2D eigenvalue weighted by molar-refractivity contribution is -0.385. The topological polar surface area (TPSA) is 113 Å². The van der Waals surface area contributed by atoms with Gasteiger partial charge in [-0.15, -0.1) is 0 Å². The summed E-state index contributed by atoms with van der Waals surface area (Å²) in [4.78, 5) is 43.2. The van der Waals surface area contributed by atoms with Crippen molar-refractivity contribution in [3.63, 3.8) is 0 Å². The highest BCUT2D eigenvalue weighted by Gasteiger charge is 2.34. The summed E-state index contributed by atoms with van der Waals surface area (Å²) in [6, 6.07) is 16.6. The van der Waals surface area contributed by atoms with Gasteiger partial charge in [0.05, 0.1) is 37.8 Å². The molecule has 0 spiro atoms. The van der Waals surface area contributed by atoms with Crippen molar-refractivity contribution in [3.05, 3.63) is 133 Å². The molecule has 1 aliphatic rings. The number of nitro groups is 1. The quantitative estimate of drug-likeness (QED) is 0.128. The number of nitro benzene ring substituents is 1. The molecule has 0 N–H and O–H groups in total. The molecule has 1 atom stereocenters. The summed E-state index contributed by atoms with van der Waals surface area (Å²) in [5.41, 5.74) is 2.48. The number of fused-ring (bicyclic) bond motifs is 1. The molecule has 43 heavy (non-hydrogen) atoms. The van der Waals surface area contributed by atoms with E-state index in [1.807, 2.05) is 30.3 Å². The van der Waals surface area contributed by atoms with Gasteiger partial charge < -0.3 is 9.47 Å². The molecule has 0 unspecified atom stereocenters. The number of thiazole rings is 1. The van der Waals surface area contributed by atoms with Gasteiger partial charge in [-0.1, -0.05) is 59.3 Å². The summed E-state index contributed by atoms with van der Waals surface area (Å²) < 4.78 is 13.7. The Morgan fingerprint density at radius 1 is 1.19 bits per heavy atom. The highest BCUT2D eigenvalue weighted by molar-refractivity contribution is 9.10. The number of ether oxygens (including phenoxy) is 2. The summed E-state index contributed by atoms with van der Waals surface area (Å²) in [5, 5.41) is 12.3. The maximum absolute atomic E-state index is 13.9. The Balaban J connectivity index is 1.57. The number of aromatic nitrogens is 1. The lowest BCUT2D eigenvalue weighted by Gasteiger charge is -2.24. The van der Waals surface area contributed by atoms with E-state index in [9.17, 15) is 19.7 Å². The van der Waals surface area contributed by atoms with Crippen molar-refractivity contribution >= 4 is 56.6 Å². The van der Waals surface area contributed by atoms with Crippen LogP contribution < -0.4 is 19.6 Å². The minimum atomic E-state index is -0.955. The van der Waals surface area contributed by atoms with Crippen molar-refractivity contribution in [2.45, 2.75) is 33.4 Å². The molecular formula is C31H25BrClN3O6S. The zero-order valence-corrected chi connectivity index (χ0v) is 26.5. The third-order valence-corrected chi connectivity index (χ3v) is 8.83.